The minimum atomic E-state index is 0.553. The zero-order valence-corrected chi connectivity index (χ0v) is 11.0. The molecule has 0 amide bonds. The maximum Gasteiger partial charge on any atom is 0.153 e. The van der Waals surface area contributed by atoms with Gasteiger partial charge >= 0.3 is 0 Å². The van der Waals surface area contributed by atoms with Crippen molar-refractivity contribution in [3.05, 3.63) is 63.8 Å². The molecule has 0 aliphatic carbocycles. The summed E-state index contributed by atoms with van der Waals surface area (Å²) in [6, 6.07) is 5.56. The SMILES string of the molecule is NC=Cc1ncc(Cc2ccc(Cl)c(Cl)c2)cn1. The fourth-order valence-corrected chi connectivity index (χ4v) is 1.83. The number of hydrogen-bond donors (Lipinski definition) is 1. The molecular formula is C13H11Cl2N3. The maximum absolute atomic E-state index is 5.96. The summed E-state index contributed by atoms with van der Waals surface area (Å²) in [6.45, 7) is 0. The van der Waals surface area contributed by atoms with E-state index in [1.807, 2.05) is 12.1 Å². The summed E-state index contributed by atoms with van der Waals surface area (Å²) in [5, 5.41) is 1.11. The van der Waals surface area contributed by atoms with Gasteiger partial charge in [-0.15, -0.1) is 0 Å². The van der Waals surface area contributed by atoms with Gasteiger partial charge in [0.2, 0.25) is 0 Å². The van der Waals surface area contributed by atoms with Crippen molar-refractivity contribution in [2.45, 2.75) is 6.42 Å². The van der Waals surface area contributed by atoms with Gasteiger partial charge in [0.05, 0.1) is 10.0 Å². The normalized spacial score (nSPS) is 11.0. The molecule has 0 radical (unpaired) electrons. The molecule has 92 valence electrons. The van der Waals surface area contributed by atoms with Crippen LogP contribution in [0.3, 0.4) is 0 Å². The summed E-state index contributed by atoms with van der Waals surface area (Å²) in [5.74, 6) is 0.593. The monoisotopic (exact) mass is 279 g/mol. The predicted molar refractivity (Wildman–Crippen MR) is 74.5 cm³/mol. The van der Waals surface area contributed by atoms with Crippen molar-refractivity contribution in [3.63, 3.8) is 0 Å². The summed E-state index contributed by atoms with van der Waals surface area (Å²) in [4.78, 5) is 8.34. The van der Waals surface area contributed by atoms with E-state index in [1.165, 1.54) is 6.20 Å². The number of rotatable bonds is 3. The highest BCUT2D eigenvalue weighted by molar-refractivity contribution is 6.42. The summed E-state index contributed by atoms with van der Waals surface area (Å²) in [7, 11) is 0. The lowest BCUT2D eigenvalue weighted by Gasteiger charge is -2.03. The molecule has 2 aromatic rings. The Hall–Kier alpha value is -1.58. The van der Waals surface area contributed by atoms with Crippen LogP contribution in [0.5, 0.6) is 0 Å². The first-order chi connectivity index (χ1) is 8.69. The fraction of sp³-hybridized carbons (Fsp3) is 0.0769. The molecule has 0 aliphatic heterocycles. The van der Waals surface area contributed by atoms with Crippen LogP contribution >= 0.6 is 23.2 Å². The van der Waals surface area contributed by atoms with Gasteiger partial charge in [0.25, 0.3) is 0 Å². The lowest BCUT2D eigenvalue weighted by molar-refractivity contribution is 1.05. The predicted octanol–water partition coefficient (Wildman–Crippen LogP) is 3.30. The minimum absolute atomic E-state index is 0.553. The number of benzene rings is 1. The molecule has 1 heterocycles. The van der Waals surface area contributed by atoms with E-state index in [9.17, 15) is 0 Å². The van der Waals surface area contributed by atoms with Crippen LogP contribution in [0, 0.1) is 0 Å². The molecule has 0 saturated carbocycles. The standard InChI is InChI=1S/C13H11Cl2N3/c14-11-2-1-9(6-12(11)15)5-10-7-17-13(3-4-16)18-8-10/h1-4,6-8H,5,16H2. The fourth-order valence-electron chi connectivity index (χ4n) is 1.51. The molecule has 0 bridgehead atoms. The molecular weight excluding hydrogens is 269 g/mol. The Morgan fingerprint density at radius 1 is 1.06 bits per heavy atom. The first-order valence-corrected chi connectivity index (χ1v) is 6.08. The first kappa shape index (κ1) is 12.9. The number of halogens is 2. The molecule has 5 heteroatoms. The Balaban J connectivity index is 2.15. The highest BCUT2D eigenvalue weighted by Gasteiger charge is 2.02. The number of aromatic nitrogens is 2. The Bertz CT molecular complexity index is 565. The minimum Gasteiger partial charge on any atom is -0.404 e. The average molecular weight is 280 g/mol. The largest absolute Gasteiger partial charge is 0.404 e. The quantitative estimate of drug-likeness (QED) is 0.938. The Labute approximate surface area is 115 Å². The molecule has 18 heavy (non-hydrogen) atoms. The van der Waals surface area contributed by atoms with Gasteiger partial charge in [0, 0.05) is 18.8 Å². The summed E-state index contributed by atoms with van der Waals surface area (Å²) < 4.78 is 0. The Morgan fingerprint density at radius 3 is 2.39 bits per heavy atom. The smallest absolute Gasteiger partial charge is 0.153 e. The van der Waals surface area contributed by atoms with Gasteiger partial charge in [-0.1, -0.05) is 29.3 Å². The van der Waals surface area contributed by atoms with Crippen LogP contribution < -0.4 is 5.73 Å². The molecule has 0 unspecified atom stereocenters. The van der Waals surface area contributed by atoms with Crippen molar-refractivity contribution in [2.24, 2.45) is 5.73 Å². The molecule has 0 spiro atoms. The lowest BCUT2D eigenvalue weighted by atomic mass is 10.1. The van der Waals surface area contributed by atoms with E-state index in [0.717, 1.165) is 11.1 Å². The van der Waals surface area contributed by atoms with Crippen molar-refractivity contribution in [3.8, 4) is 0 Å². The molecule has 0 fully saturated rings. The molecule has 1 aromatic heterocycles. The van der Waals surface area contributed by atoms with Crippen LogP contribution in [-0.4, -0.2) is 9.97 Å². The third kappa shape index (κ3) is 3.22. The summed E-state index contributed by atoms with van der Waals surface area (Å²) >= 11 is 11.8. The molecule has 2 N–H and O–H groups in total. The van der Waals surface area contributed by atoms with E-state index in [2.05, 4.69) is 9.97 Å². The van der Waals surface area contributed by atoms with Crippen LogP contribution in [0.1, 0.15) is 17.0 Å². The van der Waals surface area contributed by atoms with Gasteiger partial charge in [-0.25, -0.2) is 9.97 Å². The van der Waals surface area contributed by atoms with Crippen molar-refractivity contribution in [1.82, 2.24) is 9.97 Å². The topological polar surface area (TPSA) is 51.8 Å². The van der Waals surface area contributed by atoms with Gasteiger partial charge in [0.15, 0.2) is 5.82 Å². The molecule has 0 atom stereocenters. The highest BCUT2D eigenvalue weighted by Crippen LogP contribution is 2.23. The lowest BCUT2D eigenvalue weighted by Crippen LogP contribution is -1.94. The second-order valence-electron chi connectivity index (χ2n) is 3.73. The second kappa shape index (κ2) is 5.85. The Kier molecular flexibility index (Phi) is 4.18. The third-order valence-electron chi connectivity index (χ3n) is 2.36. The van der Waals surface area contributed by atoms with E-state index in [1.54, 1.807) is 24.5 Å². The summed E-state index contributed by atoms with van der Waals surface area (Å²) in [6.07, 6.45) is 7.30. The first-order valence-electron chi connectivity index (χ1n) is 5.32. The maximum atomic E-state index is 5.96. The van der Waals surface area contributed by atoms with E-state index in [0.29, 0.717) is 22.3 Å². The van der Waals surface area contributed by atoms with Crippen LogP contribution in [0.2, 0.25) is 10.0 Å². The number of nitrogens with zero attached hydrogens (tertiary/aromatic N) is 2. The van der Waals surface area contributed by atoms with E-state index >= 15 is 0 Å². The van der Waals surface area contributed by atoms with Crippen molar-refractivity contribution in [1.29, 1.82) is 0 Å². The van der Waals surface area contributed by atoms with Crippen LogP contribution in [0.15, 0.2) is 36.8 Å². The van der Waals surface area contributed by atoms with Gasteiger partial charge < -0.3 is 5.73 Å². The van der Waals surface area contributed by atoms with Crippen molar-refractivity contribution in [2.75, 3.05) is 0 Å². The van der Waals surface area contributed by atoms with E-state index < -0.39 is 0 Å². The third-order valence-corrected chi connectivity index (χ3v) is 3.10. The van der Waals surface area contributed by atoms with Gasteiger partial charge in [0.1, 0.15) is 0 Å². The zero-order chi connectivity index (χ0) is 13.0. The second-order valence-corrected chi connectivity index (χ2v) is 4.55. The molecule has 0 aliphatic rings. The van der Waals surface area contributed by atoms with Crippen LogP contribution in [-0.2, 0) is 6.42 Å². The average Bonchev–Trinajstić information content (AvgIpc) is 2.37. The molecule has 2 rings (SSSR count). The van der Waals surface area contributed by atoms with Crippen LogP contribution in [0.4, 0.5) is 0 Å². The van der Waals surface area contributed by atoms with Gasteiger partial charge in [-0.05, 0) is 35.5 Å². The van der Waals surface area contributed by atoms with Gasteiger partial charge in [-0.2, -0.15) is 0 Å². The van der Waals surface area contributed by atoms with Crippen molar-refractivity contribution < 1.29 is 0 Å². The number of hydrogen-bond acceptors (Lipinski definition) is 3. The summed E-state index contributed by atoms with van der Waals surface area (Å²) in [5.41, 5.74) is 7.33. The van der Waals surface area contributed by atoms with Crippen molar-refractivity contribution >= 4 is 29.3 Å². The highest BCUT2D eigenvalue weighted by atomic mass is 35.5. The van der Waals surface area contributed by atoms with E-state index in [4.69, 9.17) is 28.9 Å². The zero-order valence-electron chi connectivity index (χ0n) is 9.48. The molecule has 1 aromatic carbocycles. The van der Waals surface area contributed by atoms with E-state index in [-0.39, 0.29) is 0 Å². The van der Waals surface area contributed by atoms with Gasteiger partial charge in [-0.3, -0.25) is 0 Å². The molecule has 3 nitrogen and oxygen atoms in total. The van der Waals surface area contributed by atoms with Crippen LogP contribution in [0.25, 0.3) is 6.08 Å². The number of nitrogens with two attached hydrogens (primary N) is 1. The Morgan fingerprint density at radius 2 is 1.78 bits per heavy atom. The molecule has 0 saturated heterocycles.